The van der Waals surface area contributed by atoms with Crippen molar-refractivity contribution < 1.29 is 5.11 Å². The second kappa shape index (κ2) is 7.14. The summed E-state index contributed by atoms with van der Waals surface area (Å²) in [6.07, 6.45) is 1.55. The van der Waals surface area contributed by atoms with E-state index in [2.05, 4.69) is 52.0 Å². The van der Waals surface area contributed by atoms with Crippen LogP contribution in [0.4, 0.5) is 0 Å². The minimum absolute atomic E-state index is 0.241. The van der Waals surface area contributed by atoms with Crippen LogP contribution in [-0.4, -0.2) is 52.6 Å². The number of benzene rings is 1. The molecule has 25 heavy (non-hydrogen) atoms. The quantitative estimate of drug-likeness (QED) is 0.910. The molecule has 0 aliphatic carbocycles. The van der Waals surface area contributed by atoms with Gasteiger partial charge < -0.3 is 10.0 Å². The molecule has 0 bridgehead atoms. The molecule has 1 aromatic carbocycles. The highest BCUT2D eigenvalue weighted by molar-refractivity contribution is 5.20. The number of hydrogen-bond donors (Lipinski definition) is 1. The van der Waals surface area contributed by atoms with Crippen molar-refractivity contribution in [1.29, 1.82) is 0 Å². The van der Waals surface area contributed by atoms with Gasteiger partial charge >= 0.3 is 0 Å². The Balaban J connectivity index is 1.28. The monoisotopic (exact) mass is 337 g/mol. The van der Waals surface area contributed by atoms with E-state index in [0.717, 1.165) is 30.6 Å². The Morgan fingerprint density at radius 3 is 2.32 bits per heavy atom. The van der Waals surface area contributed by atoms with E-state index in [4.69, 9.17) is 0 Å². The fraction of sp³-hybridized carbons (Fsp3) is 0.476. The first kappa shape index (κ1) is 16.6. The second-order valence-corrected chi connectivity index (χ2v) is 7.76. The van der Waals surface area contributed by atoms with Crippen LogP contribution in [0.2, 0.25) is 0 Å². The molecule has 1 unspecified atom stereocenters. The van der Waals surface area contributed by atoms with E-state index in [-0.39, 0.29) is 5.75 Å². The van der Waals surface area contributed by atoms with Gasteiger partial charge in [0.05, 0.1) is 6.20 Å². The molecular weight excluding hydrogens is 310 g/mol. The molecule has 0 saturated carbocycles. The van der Waals surface area contributed by atoms with Gasteiger partial charge in [-0.3, -0.25) is 9.88 Å². The molecule has 4 rings (SSSR count). The number of pyridine rings is 1. The number of aromatic nitrogens is 1. The van der Waals surface area contributed by atoms with Gasteiger partial charge in [-0.1, -0.05) is 37.3 Å². The van der Waals surface area contributed by atoms with Crippen LogP contribution >= 0.6 is 0 Å². The number of likely N-dealkylation sites (tertiary alicyclic amines) is 2. The molecule has 3 heterocycles. The predicted octanol–water partition coefficient (Wildman–Crippen LogP) is 2.95. The predicted molar refractivity (Wildman–Crippen MR) is 99.5 cm³/mol. The highest BCUT2D eigenvalue weighted by atomic mass is 16.3. The van der Waals surface area contributed by atoms with E-state index in [1.54, 1.807) is 12.3 Å². The van der Waals surface area contributed by atoms with Gasteiger partial charge in [-0.05, 0) is 29.5 Å². The third kappa shape index (κ3) is 3.86. The average Bonchev–Trinajstić information content (AvgIpc) is 3.14. The summed E-state index contributed by atoms with van der Waals surface area (Å²) in [5.74, 6) is 2.26. The van der Waals surface area contributed by atoms with Gasteiger partial charge in [-0.15, -0.1) is 0 Å². The molecule has 1 aromatic heterocycles. The van der Waals surface area contributed by atoms with Gasteiger partial charge in [0, 0.05) is 50.9 Å². The van der Waals surface area contributed by atoms with Gasteiger partial charge in [0.15, 0.2) is 0 Å². The molecule has 2 aliphatic heterocycles. The first-order chi connectivity index (χ1) is 12.2. The molecule has 3 atom stereocenters. The van der Waals surface area contributed by atoms with Crippen LogP contribution in [0.3, 0.4) is 0 Å². The summed E-state index contributed by atoms with van der Waals surface area (Å²) in [5.41, 5.74) is 2.49. The summed E-state index contributed by atoms with van der Waals surface area (Å²) in [6.45, 7) is 9.24. The lowest BCUT2D eigenvalue weighted by Crippen LogP contribution is -2.31. The van der Waals surface area contributed by atoms with Crippen LogP contribution in [0.1, 0.15) is 24.1 Å². The van der Waals surface area contributed by atoms with Crippen LogP contribution < -0.4 is 0 Å². The molecule has 2 aliphatic rings. The van der Waals surface area contributed by atoms with Crippen molar-refractivity contribution in [3.05, 3.63) is 59.9 Å². The standard InChI is InChI=1S/C21H27N3O/c1-16(21-8-7-20(25)9-22-21)10-23-12-18-14-24(15-19(18)13-23)11-17-5-3-2-4-6-17/h2-9,16,18-19,25H,10-15H2,1H3/t16?,18-,19+. The van der Waals surface area contributed by atoms with Crippen molar-refractivity contribution in [1.82, 2.24) is 14.8 Å². The van der Waals surface area contributed by atoms with Crippen molar-refractivity contribution in [2.75, 3.05) is 32.7 Å². The summed E-state index contributed by atoms with van der Waals surface area (Å²) < 4.78 is 0. The summed E-state index contributed by atoms with van der Waals surface area (Å²) >= 11 is 0. The number of aromatic hydroxyl groups is 1. The van der Waals surface area contributed by atoms with E-state index < -0.39 is 0 Å². The van der Waals surface area contributed by atoms with Gasteiger partial charge in [0.25, 0.3) is 0 Å². The molecule has 2 saturated heterocycles. The van der Waals surface area contributed by atoms with Crippen molar-refractivity contribution in [3.8, 4) is 5.75 Å². The molecule has 0 amide bonds. The maximum Gasteiger partial charge on any atom is 0.133 e. The third-order valence-electron chi connectivity index (χ3n) is 5.69. The zero-order valence-corrected chi connectivity index (χ0v) is 14.9. The lowest BCUT2D eigenvalue weighted by atomic mass is 10.0. The van der Waals surface area contributed by atoms with E-state index in [0.29, 0.717) is 5.92 Å². The Morgan fingerprint density at radius 1 is 1.00 bits per heavy atom. The minimum Gasteiger partial charge on any atom is -0.506 e. The number of hydrogen-bond acceptors (Lipinski definition) is 4. The lowest BCUT2D eigenvalue weighted by Gasteiger charge is -2.24. The molecule has 2 aromatic rings. The zero-order chi connectivity index (χ0) is 17.2. The van der Waals surface area contributed by atoms with Crippen molar-refractivity contribution in [2.24, 2.45) is 11.8 Å². The molecule has 0 radical (unpaired) electrons. The fourth-order valence-corrected chi connectivity index (χ4v) is 4.48. The second-order valence-electron chi connectivity index (χ2n) is 7.76. The minimum atomic E-state index is 0.241. The first-order valence-electron chi connectivity index (χ1n) is 9.31. The topological polar surface area (TPSA) is 39.6 Å². The average molecular weight is 337 g/mol. The van der Waals surface area contributed by atoms with Crippen molar-refractivity contribution >= 4 is 0 Å². The highest BCUT2D eigenvalue weighted by Crippen LogP contribution is 2.33. The van der Waals surface area contributed by atoms with Crippen molar-refractivity contribution in [3.63, 3.8) is 0 Å². The number of nitrogens with zero attached hydrogens (tertiary/aromatic N) is 3. The fourth-order valence-electron chi connectivity index (χ4n) is 4.48. The normalized spacial score (nSPS) is 25.2. The van der Waals surface area contributed by atoms with Gasteiger partial charge in [0.2, 0.25) is 0 Å². The van der Waals surface area contributed by atoms with Crippen LogP contribution in [0.25, 0.3) is 0 Å². The van der Waals surface area contributed by atoms with Gasteiger partial charge in [-0.25, -0.2) is 0 Å². The van der Waals surface area contributed by atoms with Crippen LogP contribution in [0.15, 0.2) is 48.7 Å². The molecule has 4 heteroatoms. The molecule has 1 N–H and O–H groups in total. The molecule has 0 spiro atoms. The van der Waals surface area contributed by atoms with Gasteiger partial charge in [0.1, 0.15) is 5.75 Å². The van der Waals surface area contributed by atoms with Crippen LogP contribution in [0.5, 0.6) is 5.75 Å². The molecule has 132 valence electrons. The first-order valence-corrected chi connectivity index (χ1v) is 9.31. The van der Waals surface area contributed by atoms with Gasteiger partial charge in [-0.2, -0.15) is 0 Å². The van der Waals surface area contributed by atoms with E-state index in [9.17, 15) is 5.11 Å². The maximum atomic E-state index is 9.38. The Hall–Kier alpha value is -1.91. The summed E-state index contributed by atoms with van der Waals surface area (Å²) in [7, 11) is 0. The summed E-state index contributed by atoms with van der Waals surface area (Å²) in [5, 5.41) is 9.38. The third-order valence-corrected chi connectivity index (χ3v) is 5.69. The van der Waals surface area contributed by atoms with Crippen molar-refractivity contribution in [2.45, 2.75) is 19.4 Å². The Morgan fingerprint density at radius 2 is 1.68 bits per heavy atom. The lowest BCUT2D eigenvalue weighted by molar-refractivity contribution is 0.243. The SMILES string of the molecule is CC(CN1C[C@H]2CN(Cc3ccccc3)C[C@H]2C1)c1ccc(O)cn1. The summed E-state index contributed by atoms with van der Waals surface area (Å²) in [6, 6.07) is 14.5. The molecule has 4 nitrogen and oxygen atoms in total. The summed E-state index contributed by atoms with van der Waals surface area (Å²) in [4.78, 5) is 9.59. The van der Waals surface area contributed by atoms with Crippen LogP contribution in [0, 0.1) is 11.8 Å². The number of rotatable bonds is 5. The number of fused-ring (bicyclic) bond motifs is 1. The van der Waals surface area contributed by atoms with E-state index >= 15 is 0 Å². The Bertz CT molecular complexity index is 674. The Kier molecular flexibility index (Phi) is 4.73. The van der Waals surface area contributed by atoms with E-state index in [1.807, 2.05) is 6.07 Å². The Labute approximate surface area is 150 Å². The smallest absolute Gasteiger partial charge is 0.133 e. The van der Waals surface area contributed by atoms with Crippen LogP contribution in [-0.2, 0) is 6.54 Å². The molecular formula is C21H27N3O. The highest BCUT2D eigenvalue weighted by Gasteiger charge is 2.39. The zero-order valence-electron chi connectivity index (χ0n) is 14.9. The molecule has 2 fully saturated rings. The maximum absolute atomic E-state index is 9.38. The largest absolute Gasteiger partial charge is 0.506 e. The van der Waals surface area contributed by atoms with E-state index in [1.165, 1.54) is 31.7 Å².